The number of benzene rings is 1. The Morgan fingerprint density at radius 1 is 1.10 bits per heavy atom. The van der Waals surface area contributed by atoms with Gasteiger partial charge in [-0.1, -0.05) is 5.16 Å². The highest BCUT2D eigenvalue weighted by Crippen LogP contribution is 2.38. The quantitative estimate of drug-likeness (QED) is 0.671. The van der Waals surface area contributed by atoms with Crippen LogP contribution in [0.5, 0.6) is 17.2 Å². The van der Waals surface area contributed by atoms with E-state index in [-0.39, 0.29) is 11.6 Å². The average molecular weight is 405 g/mol. The number of aromatic nitrogens is 1. The van der Waals surface area contributed by atoms with Crippen molar-refractivity contribution in [3.8, 4) is 17.2 Å². The molecule has 1 N–H and O–H groups in total. The minimum absolute atomic E-state index is 0.269. The summed E-state index contributed by atoms with van der Waals surface area (Å²) in [5.41, 5.74) is 1.23. The summed E-state index contributed by atoms with van der Waals surface area (Å²) in [6.45, 7) is 4.16. The zero-order valence-corrected chi connectivity index (χ0v) is 17.0. The fourth-order valence-electron chi connectivity index (χ4n) is 3.16. The van der Waals surface area contributed by atoms with Crippen molar-refractivity contribution in [1.29, 1.82) is 0 Å². The molecule has 0 aliphatic carbocycles. The second-order valence-electron chi connectivity index (χ2n) is 6.61. The summed E-state index contributed by atoms with van der Waals surface area (Å²) < 4.78 is 26.7. The number of ether oxygens (including phenoxy) is 4. The van der Waals surface area contributed by atoms with Gasteiger partial charge in [0.1, 0.15) is 0 Å². The van der Waals surface area contributed by atoms with Gasteiger partial charge in [-0.25, -0.2) is 0 Å². The molecule has 9 heteroatoms. The van der Waals surface area contributed by atoms with Crippen LogP contribution in [-0.2, 0) is 17.7 Å². The predicted octanol–water partition coefficient (Wildman–Crippen LogP) is 1.51. The molecule has 1 aliphatic heterocycles. The summed E-state index contributed by atoms with van der Waals surface area (Å²) in [6.07, 6.45) is 0.598. The van der Waals surface area contributed by atoms with Crippen molar-refractivity contribution in [2.45, 2.75) is 13.0 Å². The lowest BCUT2D eigenvalue weighted by atomic mass is 10.1. The van der Waals surface area contributed by atoms with E-state index in [0.717, 1.165) is 18.7 Å². The van der Waals surface area contributed by atoms with E-state index in [1.165, 1.54) is 0 Å². The van der Waals surface area contributed by atoms with Crippen molar-refractivity contribution in [3.05, 3.63) is 35.2 Å². The number of rotatable bonds is 9. The topological polar surface area (TPSA) is 95.3 Å². The number of nitrogens with one attached hydrogen (secondary N) is 1. The summed E-state index contributed by atoms with van der Waals surface area (Å²) in [4.78, 5) is 14.6. The second kappa shape index (κ2) is 10.1. The Morgan fingerprint density at radius 3 is 2.41 bits per heavy atom. The molecule has 3 rings (SSSR count). The molecule has 1 aromatic carbocycles. The number of amides is 1. The van der Waals surface area contributed by atoms with E-state index in [1.54, 1.807) is 27.4 Å². The van der Waals surface area contributed by atoms with Gasteiger partial charge in [-0.2, -0.15) is 0 Å². The van der Waals surface area contributed by atoms with E-state index < -0.39 is 0 Å². The summed E-state index contributed by atoms with van der Waals surface area (Å²) >= 11 is 0. The molecule has 2 aromatic rings. The smallest absolute Gasteiger partial charge is 0.273 e. The van der Waals surface area contributed by atoms with Crippen LogP contribution in [0.1, 0.15) is 21.8 Å². The van der Waals surface area contributed by atoms with E-state index >= 15 is 0 Å². The third-order valence-corrected chi connectivity index (χ3v) is 4.70. The average Bonchev–Trinajstić information content (AvgIpc) is 3.22. The SMILES string of the molecule is COc1cc(CCNC(=O)c2cc(CN3CCOCC3)on2)cc(OC)c1OC. The normalized spacial score (nSPS) is 14.4. The van der Waals surface area contributed by atoms with Crippen LogP contribution in [0.2, 0.25) is 0 Å². The van der Waals surface area contributed by atoms with Crippen molar-refractivity contribution in [1.82, 2.24) is 15.4 Å². The van der Waals surface area contributed by atoms with E-state index in [9.17, 15) is 4.79 Å². The predicted molar refractivity (Wildman–Crippen MR) is 105 cm³/mol. The Balaban J connectivity index is 1.53. The molecule has 1 aromatic heterocycles. The molecule has 0 unspecified atom stereocenters. The van der Waals surface area contributed by atoms with Crippen LogP contribution in [0, 0.1) is 0 Å². The Kier molecular flexibility index (Phi) is 7.31. The van der Waals surface area contributed by atoms with Crippen LogP contribution in [0.4, 0.5) is 0 Å². The first-order valence-electron chi connectivity index (χ1n) is 9.47. The third-order valence-electron chi connectivity index (χ3n) is 4.70. The zero-order valence-electron chi connectivity index (χ0n) is 17.0. The number of methoxy groups -OCH3 is 3. The van der Waals surface area contributed by atoms with Crippen molar-refractivity contribution in [3.63, 3.8) is 0 Å². The van der Waals surface area contributed by atoms with Gasteiger partial charge in [0.25, 0.3) is 5.91 Å². The molecular weight excluding hydrogens is 378 g/mol. The first-order chi connectivity index (χ1) is 14.1. The van der Waals surface area contributed by atoms with Gasteiger partial charge in [0.05, 0.1) is 41.1 Å². The lowest BCUT2D eigenvalue weighted by molar-refractivity contribution is 0.0305. The van der Waals surface area contributed by atoms with Crippen LogP contribution in [0.3, 0.4) is 0 Å². The van der Waals surface area contributed by atoms with Crippen molar-refractivity contribution < 1.29 is 28.3 Å². The molecule has 0 radical (unpaired) electrons. The van der Waals surface area contributed by atoms with Gasteiger partial charge in [-0.3, -0.25) is 9.69 Å². The molecule has 0 atom stereocenters. The number of hydrogen-bond acceptors (Lipinski definition) is 8. The van der Waals surface area contributed by atoms with E-state index in [4.69, 9.17) is 23.5 Å². The molecule has 1 aliphatic rings. The van der Waals surface area contributed by atoms with Crippen LogP contribution in [0.25, 0.3) is 0 Å². The van der Waals surface area contributed by atoms with Crippen LogP contribution in [0.15, 0.2) is 22.7 Å². The molecule has 1 amide bonds. The monoisotopic (exact) mass is 405 g/mol. The Bertz CT molecular complexity index is 791. The largest absolute Gasteiger partial charge is 0.493 e. The maximum atomic E-state index is 12.4. The van der Waals surface area contributed by atoms with Crippen LogP contribution >= 0.6 is 0 Å². The highest BCUT2D eigenvalue weighted by Gasteiger charge is 2.17. The van der Waals surface area contributed by atoms with Gasteiger partial charge in [0, 0.05) is 25.7 Å². The molecule has 1 fully saturated rings. The number of morpholine rings is 1. The van der Waals surface area contributed by atoms with Crippen molar-refractivity contribution in [2.24, 2.45) is 0 Å². The van der Waals surface area contributed by atoms with Crippen molar-refractivity contribution >= 4 is 5.91 Å². The van der Waals surface area contributed by atoms with Gasteiger partial charge < -0.3 is 28.8 Å². The molecule has 29 heavy (non-hydrogen) atoms. The summed E-state index contributed by atoms with van der Waals surface area (Å²) in [7, 11) is 4.70. The number of carbonyl (C=O) groups is 1. The number of hydrogen-bond donors (Lipinski definition) is 1. The highest BCUT2D eigenvalue weighted by atomic mass is 16.5. The number of nitrogens with zero attached hydrogens (tertiary/aromatic N) is 2. The number of carbonyl (C=O) groups excluding carboxylic acids is 1. The second-order valence-corrected chi connectivity index (χ2v) is 6.61. The lowest BCUT2D eigenvalue weighted by Gasteiger charge is -2.25. The summed E-state index contributed by atoms with van der Waals surface area (Å²) in [6, 6.07) is 5.42. The van der Waals surface area contributed by atoms with Crippen molar-refractivity contribution in [2.75, 3.05) is 54.2 Å². The molecule has 0 spiro atoms. The molecule has 2 heterocycles. The van der Waals surface area contributed by atoms with Gasteiger partial charge >= 0.3 is 0 Å². The van der Waals surface area contributed by atoms with E-state index in [2.05, 4.69) is 15.4 Å². The maximum absolute atomic E-state index is 12.4. The molecule has 158 valence electrons. The maximum Gasteiger partial charge on any atom is 0.273 e. The Labute approximate surface area is 169 Å². The van der Waals surface area contributed by atoms with Gasteiger partial charge in [0.15, 0.2) is 23.0 Å². The fourth-order valence-corrected chi connectivity index (χ4v) is 3.16. The van der Waals surface area contributed by atoms with E-state index in [1.807, 2.05) is 12.1 Å². The Hall–Kier alpha value is -2.78. The minimum atomic E-state index is -0.269. The van der Waals surface area contributed by atoms with Gasteiger partial charge in [-0.15, -0.1) is 0 Å². The molecular formula is C20H27N3O6. The molecule has 0 saturated carbocycles. The molecule has 0 bridgehead atoms. The molecule has 1 saturated heterocycles. The minimum Gasteiger partial charge on any atom is -0.493 e. The molecule has 9 nitrogen and oxygen atoms in total. The van der Waals surface area contributed by atoms with Gasteiger partial charge in [0.2, 0.25) is 5.75 Å². The summed E-state index contributed by atoms with van der Waals surface area (Å²) in [5, 5.41) is 6.74. The first kappa shape index (κ1) is 20.9. The van der Waals surface area contributed by atoms with Gasteiger partial charge in [-0.05, 0) is 24.1 Å². The first-order valence-corrected chi connectivity index (χ1v) is 9.47. The third kappa shape index (κ3) is 5.39. The van der Waals surface area contributed by atoms with E-state index in [0.29, 0.717) is 55.7 Å². The fraction of sp³-hybridized carbons (Fsp3) is 0.500. The summed E-state index contributed by atoms with van der Waals surface area (Å²) in [5.74, 6) is 2.10. The van der Waals surface area contributed by atoms with Crippen LogP contribution in [-0.4, -0.2) is 70.1 Å². The standard InChI is InChI=1S/C20H27N3O6/c1-25-17-10-14(11-18(26-2)19(17)27-3)4-5-21-20(24)16-12-15(29-22-16)13-23-6-8-28-9-7-23/h10-12H,4-9,13H2,1-3H3,(H,21,24). The Morgan fingerprint density at radius 2 is 1.79 bits per heavy atom. The van der Waals surface area contributed by atoms with Crippen LogP contribution < -0.4 is 19.5 Å². The zero-order chi connectivity index (χ0) is 20.6. The highest BCUT2D eigenvalue weighted by molar-refractivity contribution is 5.92. The lowest BCUT2D eigenvalue weighted by Crippen LogP contribution is -2.35.